The largest absolute Gasteiger partial charge is 0.307 e. The van der Waals surface area contributed by atoms with Crippen molar-refractivity contribution in [1.82, 2.24) is 5.32 Å². The molecule has 2 aliphatic rings. The summed E-state index contributed by atoms with van der Waals surface area (Å²) in [5.74, 6) is 1.97. The highest BCUT2D eigenvalue weighted by atomic mass is 15.0. The maximum atomic E-state index is 3.98. The molecule has 1 aromatic carbocycles. The molecule has 2 saturated carbocycles. The Morgan fingerprint density at radius 2 is 2.05 bits per heavy atom. The third-order valence-electron chi connectivity index (χ3n) is 5.44. The molecule has 1 heteroatoms. The summed E-state index contributed by atoms with van der Waals surface area (Å²) in [4.78, 5) is 0. The van der Waals surface area contributed by atoms with E-state index in [-0.39, 0.29) is 0 Å². The molecule has 0 spiro atoms. The van der Waals surface area contributed by atoms with E-state index in [9.17, 15) is 0 Å². The van der Waals surface area contributed by atoms with Gasteiger partial charge in [0.2, 0.25) is 0 Å². The van der Waals surface area contributed by atoms with E-state index in [0.717, 1.165) is 18.4 Å². The first-order chi connectivity index (χ1) is 9.32. The first-order valence-corrected chi connectivity index (χ1v) is 8.11. The van der Waals surface area contributed by atoms with Gasteiger partial charge in [-0.3, -0.25) is 0 Å². The number of rotatable bonds is 6. The predicted molar refractivity (Wildman–Crippen MR) is 81.0 cm³/mol. The molecule has 0 saturated heterocycles. The van der Waals surface area contributed by atoms with Crippen LogP contribution in [0.5, 0.6) is 0 Å². The van der Waals surface area contributed by atoms with Gasteiger partial charge in [-0.15, -0.1) is 0 Å². The van der Waals surface area contributed by atoms with Gasteiger partial charge in [0.15, 0.2) is 0 Å². The SMILES string of the molecule is CCCC[C@@]1(NCc2ccccc2)C[C@@H]2CC[C@H]1C2. The lowest BCUT2D eigenvalue weighted by molar-refractivity contribution is 0.186. The van der Waals surface area contributed by atoms with Gasteiger partial charge in [-0.05, 0) is 43.1 Å². The minimum Gasteiger partial charge on any atom is -0.307 e. The molecule has 104 valence electrons. The van der Waals surface area contributed by atoms with Crippen LogP contribution >= 0.6 is 0 Å². The van der Waals surface area contributed by atoms with Crippen molar-refractivity contribution < 1.29 is 0 Å². The molecule has 2 fully saturated rings. The van der Waals surface area contributed by atoms with Gasteiger partial charge in [-0.2, -0.15) is 0 Å². The first-order valence-electron chi connectivity index (χ1n) is 8.11. The molecule has 19 heavy (non-hydrogen) atoms. The second kappa shape index (κ2) is 5.66. The molecule has 1 aromatic rings. The van der Waals surface area contributed by atoms with Crippen LogP contribution < -0.4 is 5.32 Å². The third-order valence-corrected chi connectivity index (χ3v) is 5.44. The zero-order valence-electron chi connectivity index (χ0n) is 12.2. The van der Waals surface area contributed by atoms with Gasteiger partial charge in [-0.25, -0.2) is 0 Å². The quantitative estimate of drug-likeness (QED) is 0.789. The lowest BCUT2D eigenvalue weighted by Gasteiger charge is -2.39. The number of benzene rings is 1. The monoisotopic (exact) mass is 257 g/mol. The topological polar surface area (TPSA) is 12.0 Å². The molecule has 2 aliphatic carbocycles. The maximum absolute atomic E-state index is 3.98. The van der Waals surface area contributed by atoms with Crippen LogP contribution in [0.4, 0.5) is 0 Å². The van der Waals surface area contributed by atoms with E-state index in [4.69, 9.17) is 0 Å². The first kappa shape index (κ1) is 13.2. The summed E-state index contributed by atoms with van der Waals surface area (Å²) in [5, 5.41) is 3.98. The Morgan fingerprint density at radius 3 is 2.68 bits per heavy atom. The lowest BCUT2D eigenvalue weighted by Crippen LogP contribution is -2.49. The Morgan fingerprint density at radius 1 is 1.21 bits per heavy atom. The third kappa shape index (κ3) is 2.72. The number of hydrogen-bond donors (Lipinski definition) is 1. The Kier molecular flexibility index (Phi) is 3.93. The molecule has 0 unspecified atom stereocenters. The number of fused-ring (bicyclic) bond motifs is 2. The summed E-state index contributed by atoms with van der Waals surface area (Å²) in [6, 6.07) is 10.9. The Hall–Kier alpha value is -0.820. The maximum Gasteiger partial charge on any atom is 0.0215 e. The second-order valence-electron chi connectivity index (χ2n) is 6.68. The van der Waals surface area contributed by atoms with E-state index in [2.05, 4.69) is 42.6 Å². The van der Waals surface area contributed by atoms with Gasteiger partial charge in [0.05, 0.1) is 0 Å². The lowest BCUT2D eigenvalue weighted by atomic mass is 9.77. The molecule has 0 heterocycles. The molecule has 1 N–H and O–H groups in total. The van der Waals surface area contributed by atoms with E-state index in [1.54, 1.807) is 0 Å². The fraction of sp³-hybridized carbons (Fsp3) is 0.667. The van der Waals surface area contributed by atoms with Crippen molar-refractivity contribution in [2.45, 2.75) is 64.0 Å². The van der Waals surface area contributed by atoms with Crippen molar-refractivity contribution in [2.75, 3.05) is 0 Å². The average Bonchev–Trinajstić information content (AvgIpc) is 3.05. The zero-order chi connectivity index (χ0) is 13.1. The van der Waals surface area contributed by atoms with Crippen molar-refractivity contribution in [3.63, 3.8) is 0 Å². The van der Waals surface area contributed by atoms with Crippen LogP contribution in [0, 0.1) is 11.8 Å². The van der Waals surface area contributed by atoms with Crippen molar-refractivity contribution in [2.24, 2.45) is 11.8 Å². The number of nitrogens with one attached hydrogen (secondary N) is 1. The minimum absolute atomic E-state index is 0.467. The fourth-order valence-corrected chi connectivity index (χ4v) is 4.42. The highest BCUT2D eigenvalue weighted by Gasteiger charge is 2.49. The summed E-state index contributed by atoms with van der Waals surface area (Å²) in [6.45, 7) is 3.37. The van der Waals surface area contributed by atoms with Crippen LogP contribution in [0.25, 0.3) is 0 Å². The van der Waals surface area contributed by atoms with Gasteiger partial charge < -0.3 is 5.32 Å². The van der Waals surface area contributed by atoms with E-state index in [1.165, 1.54) is 50.5 Å². The molecular weight excluding hydrogens is 230 g/mol. The van der Waals surface area contributed by atoms with E-state index in [0.29, 0.717) is 5.54 Å². The molecule has 0 aliphatic heterocycles. The van der Waals surface area contributed by atoms with Crippen LogP contribution in [-0.4, -0.2) is 5.54 Å². The Labute approximate surface area is 117 Å². The van der Waals surface area contributed by atoms with Crippen molar-refractivity contribution in [3.05, 3.63) is 35.9 Å². The summed E-state index contributed by atoms with van der Waals surface area (Å²) in [5.41, 5.74) is 1.90. The minimum atomic E-state index is 0.467. The van der Waals surface area contributed by atoms with Crippen LogP contribution in [-0.2, 0) is 6.54 Å². The standard InChI is InChI=1S/C18H27N/c1-2-3-11-18(13-16-9-10-17(18)12-16)19-14-15-7-5-4-6-8-15/h4-8,16-17,19H,2-3,9-14H2,1H3/t16-,17+,18-/m1/s1. The van der Waals surface area contributed by atoms with Gasteiger partial charge in [0.25, 0.3) is 0 Å². The molecular formula is C18H27N. The van der Waals surface area contributed by atoms with Crippen LogP contribution in [0.2, 0.25) is 0 Å². The molecule has 1 nitrogen and oxygen atoms in total. The molecule has 3 rings (SSSR count). The molecule has 3 atom stereocenters. The smallest absolute Gasteiger partial charge is 0.0215 e. The highest BCUT2D eigenvalue weighted by molar-refractivity contribution is 5.16. The fourth-order valence-electron chi connectivity index (χ4n) is 4.42. The van der Waals surface area contributed by atoms with E-state index in [1.807, 2.05) is 0 Å². The molecule has 0 amide bonds. The summed E-state index contributed by atoms with van der Waals surface area (Å²) in [7, 11) is 0. The number of hydrogen-bond acceptors (Lipinski definition) is 1. The van der Waals surface area contributed by atoms with Gasteiger partial charge in [0, 0.05) is 12.1 Å². The second-order valence-corrected chi connectivity index (χ2v) is 6.68. The van der Waals surface area contributed by atoms with Crippen LogP contribution in [0.1, 0.15) is 57.4 Å². The summed E-state index contributed by atoms with van der Waals surface area (Å²) < 4.78 is 0. The predicted octanol–water partition coefficient (Wildman–Crippen LogP) is 4.53. The van der Waals surface area contributed by atoms with Gasteiger partial charge >= 0.3 is 0 Å². The Bertz CT molecular complexity index is 399. The molecule has 0 aromatic heterocycles. The normalized spacial score (nSPS) is 32.9. The van der Waals surface area contributed by atoms with Crippen LogP contribution in [0.3, 0.4) is 0 Å². The molecule has 0 radical (unpaired) electrons. The van der Waals surface area contributed by atoms with Crippen molar-refractivity contribution >= 4 is 0 Å². The number of unbranched alkanes of at least 4 members (excludes halogenated alkanes) is 1. The zero-order valence-corrected chi connectivity index (χ0v) is 12.2. The van der Waals surface area contributed by atoms with Gasteiger partial charge in [0.1, 0.15) is 0 Å². The summed E-state index contributed by atoms with van der Waals surface area (Å²) in [6.07, 6.45) is 9.98. The van der Waals surface area contributed by atoms with Crippen molar-refractivity contribution in [3.8, 4) is 0 Å². The van der Waals surface area contributed by atoms with Crippen LogP contribution in [0.15, 0.2) is 30.3 Å². The van der Waals surface area contributed by atoms with Gasteiger partial charge in [-0.1, -0.05) is 56.5 Å². The summed E-state index contributed by atoms with van der Waals surface area (Å²) >= 11 is 0. The van der Waals surface area contributed by atoms with Crippen molar-refractivity contribution in [1.29, 1.82) is 0 Å². The molecule has 2 bridgehead atoms. The average molecular weight is 257 g/mol. The Balaban J connectivity index is 1.66. The van der Waals surface area contributed by atoms with E-state index < -0.39 is 0 Å². The van der Waals surface area contributed by atoms with E-state index >= 15 is 0 Å². The highest BCUT2D eigenvalue weighted by Crippen LogP contribution is 2.52.